The maximum Gasteiger partial charge on any atom is -0.00233 e. The lowest BCUT2D eigenvalue weighted by molar-refractivity contribution is 0.850. The van der Waals surface area contributed by atoms with Crippen LogP contribution in [0.4, 0.5) is 0 Å². The van der Waals surface area contributed by atoms with Crippen molar-refractivity contribution in [3.63, 3.8) is 0 Å². The molecule has 9 aromatic rings. The van der Waals surface area contributed by atoms with Crippen molar-refractivity contribution in [3.05, 3.63) is 186 Å². The van der Waals surface area contributed by atoms with Crippen LogP contribution in [0, 0.1) is 0 Å². The molecule has 2 aliphatic rings. The molecule has 0 radical (unpaired) electrons. The lowest BCUT2D eigenvalue weighted by atomic mass is 9.75. The zero-order valence-electron chi connectivity index (χ0n) is 29.7. The minimum absolute atomic E-state index is 1.05. The quantitative estimate of drug-likeness (QED) is 0.129. The lowest BCUT2D eigenvalue weighted by Crippen LogP contribution is -2.09. The molecule has 0 fully saturated rings. The van der Waals surface area contributed by atoms with E-state index in [9.17, 15) is 0 Å². The molecule has 0 unspecified atom stereocenters. The second-order valence-corrected chi connectivity index (χ2v) is 14.9. The number of rotatable bonds is 3. The molecule has 0 saturated carbocycles. The van der Waals surface area contributed by atoms with E-state index >= 15 is 0 Å². The normalized spacial score (nSPS) is 13.6. The molecule has 0 heterocycles. The Balaban J connectivity index is 1.19. The van der Waals surface area contributed by atoms with Crippen molar-refractivity contribution in [2.75, 3.05) is 0 Å². The van der Waals surface area contributed by atoms with Crippen LogP contribution in [0.15, 0.2) is 164 Å². The van der Waals surface area contributed by atoms with Gasteiger partial charge in [0, 0.05) is 0 Å². The van der Waals surface area contributed by atoms with Crippen molar-refractivity contribution in [3.8, 4) is 44.5 Å². The van der Waals surface area contributed by atoms with E-state index in [1.165, 1.54) is 116 Å². The summed E-state index contributed by atoms with van der Waals surface area (Å²) in [5.41, 5.74) is 16.7. The zero-order valence-corrected chi connectivity index (χ0v) is 29.7. The number of hydrogen-bond donors (Lipinski definition) is 0. The summed E-state index contributed by atoms with van der Waals surface area (Å²) in [7, 11) is 0. The molecule has 0 saturated heterocycles. The van der Waals surface area contributed by atoms with E-state index in [0.717, 1.165) is 25.7 Å². The summed E-state index contributed by atoms with van der Waals surface area (Å²) in [5, 5.41) is 10.4. The molecule has 2 aliphatic carbocycles. The van der Waals surface area contributed by atoms with Gasteiger partial charge in [-0.05, 0) is 154 Å². The Bertz CT molecular complexity index is 2920. The average molecular weight is 675 g/mol. The number of fused-ring (bicyclic) bond motifs is 10. The summed E-state index contributed by atoms with van der Waals surface area (Å²) in [6, 6.07) is 59.4. The second-order valence-electron chi connectivity index (χ2n) is 14.9. The predicted molar refractivity (Wildman–Crippen MR) is 228 cm³/mol. The Kier molecular flexibility index (Phi) is 6.98. The topological polar surface area (TPSA) is 0 Å². The maximum atomic E-state index is 2.58. The number of aryl methyl sites for hydroxylation is 2. The highest BCUT2D eigenvalue weighted by Crippen LogP contribution is 2.50. The molecule has 11 rings (SSSR count). The van der Waals surface area contributed by atoms with E-state index in [4.69, 9.17) is 0 Å². The molecule has 0 heteroatoms. The molecule has 250 valence electrons. The SMILES string of the molecule is C1=Cc2c(cc(-c3c4ccccc4c(-c4cccc(-c5cc6ccccc6c6ccccc56)c4)c4ccccc34)c3c2-c2ccccc2CC3)CCC1. The van der Waals surface area contributed by atoms with Crippen LogP contribution in [0.2, 0.25) is 0 Å². The molecule has 0 spiro atoms. The predicted octanol–water partition coefficient (Wildman–Crippen LogP) is 14.4. The second kappa shape index (κ2) is 12.2. The van der Waals surface area contributed by atoms with Crippen molar-refractivity contribution in [2.45, 2.75) is 32.1 Å². The highest BCUT2D eigenvalue weighted by atomic mass is 14.3. The van der Waals surface area contributed by atoms with Gasteiger partial charge in [0.15, 0.2) is 0 Å². The minimum Gasteiger partial charge on any atom is -0.0839 e. The van der Waals surface area contributed by atoms with E-state index in [1.807, 2.05) is 0 Å². The van der Waals surface area contributed by atoms with Crippen LogP contribution in [-0.2, 0) is 19.3 Å². The Morgan fingerprint density at radius 1 is 0.358 bits per heavy atom. The monoisotopic (exact) mass is 674 g/mol. The fourth-order valence-electron chi connectivity index (χ4n) is 9.70. The molecule has 0 nitrogen and oxygen atoms in total. The van der Waals surface area contributed by atoms with Gasteiger partial charge in [0.05, 0.1) is 0 Å². The molecule has 0 amide bonds. The third-order valence-electron chi connectivity index (χ3n) is 12.0. The highest BCUT2D eigenvalue weighted by Gasteiger charge is 2.27. The molecule has 9 aromatic carbocycles. The van der Waals surface area contributed by atoms with Crippen molar-refractivity contribution in [1.82, 2.24) is 0 Å². The van der Waals surface area contributed by atoms with Gasteiger partial charge in [-0.1, -0.05) is 158 Å². The van der Waals surface area contributed by atoms with Crippen LogP contribution in [0.1, 0.15) is 35.1 Å². The number of hydrogen-bond acceptors (Lipinski definition) is 0. The first kappa shape index (κ1) is 30.4. The van der Waals surface area contributed by atoms with Crippen LogP contribution in [0.5, 0.6) is 0 Å². The van der Waals surface area contributed by atoms with E-state index < -0.39 is 0 Å². The Morgan fingerprint density at radius 2 is 1.00 bits per heavy atom. The van der Waals surface area contributed by atoms with E-state index in [1.54, 1.807) is 0 Å². The van der Waals surface area contributed by atoms with Gasteiger partial charge in [0.25, 0.3) is 0 Å². The Hall–Kier alpha value is -6.24. The van der Waals surface area contributed by atoms with Gasteiger partial charge in [-0.3, -0.25) is 0 Å². The minimum atomic E-state index is 1.05. The summed E-state index contributed by atoms with van der Waals surface area (Å²) in [6.07, 6.45) is 10.4. The Labute approximate surface area is 310 Å². The van der Waals surface area contributed by atoms with Gasteiger partial charge >= 0.3 is 0 Å². The van der Waals surface area contributed by atoms with Gasteiger partial charge in [-0.25, -0.2) is 0 Å². The zero-order chi connectivity index (χ0) is 34.9. The summed E-state index contributed by atoms with van der Waals surface area (Å²) in [5.74, 6) is 0. The van der Waals surface area contributed by atoms with Gasteiger partial charge in [-0.2, -0.15) is 0 Å². The van der Waals surface area contributed by atoms with Crippen molar-refractivity contribution < 1.29 is 0 Å². The molecular formula is C53H38. The van der Waals surface area contributed by atoms with Crippen molar-refractivity contribution in [2.24, 2.45) is 0 Å². The summed E-state index contributed by atoms with van der Waals surface area (Å²) in [4.78, 5) is 0. The number of allylic oxidation sites excluding steroid dienone is 1. The molecule has 0 aromatic heterocycles. The van der Waals surface area contributed by atoms with Gasteiger partial charge in [0.1, 0.15) is 0 Å². The molecule has 53 heavy (non-hydrogen) atoms. The van der Waals surface area contributed by atoms with Crippen LogP contribution in [-0.4, -0.2) is 0 Å². The van der Waals surface area contributed by atoms with Crippen LogP contribution in [0.3, 0.4) is 0 Å². The van der Waals surface area contributed by atoms with Crippen molar-refractivity contribution in [1.29, 1.82) is 0 Å². The van der Waals surface area contributed by atoms with Crippen LogP contribution in [0.25, 0.3) is 93.7 Å². The average Bonchev–Trinajstić information content (AvgIpc) is 3.48. The van der Waals surface area contributed by atoms with Gasteiger partial charge < -0.3 is 0 Å². The highest BCUT2D eigenvalue weighted by molar-refractivity contribution is 6.22. The summed E-state index contributed by atoms with van der Waals surface area (Å²) < 4.78 is 0. The Morgan fingerprint density at radius 3 is 1.79 bits per heavy atom. The first-order chi connectivity index (χ1) is 26.3. The van der Waals surface area contributed by atoms with Gasteiger partial charge in [-0.15, -0.1) is 0 Å². The van der Waals surface area contributed by atoms with Crippen LogP contribution >= 0.6 is 0 Å². The molecule has 0 bridgehead atoms. The molecular weight excluding hydrogens is 637 g/mol. The molecule has 0 N–H and O–H groups in total. The third kappa shape index (κ3) is 4.75. The standard InChI is InChI=1S/C53H38/c1-2-16-37-33-50(48-30-29-34-15-4-7-22-40(34)52(48)41(37)21-3-1)53-46-27-12-10-25-44(46)51(45-26-11-13-28-47(45)53)38-19-14-18-35(31-38)49-32-36-17-5-6-20-39(36)42-23-8-9-24-43(42)49/h3-15,17-28,31-33H,1-2,16,29-30H2. The maximum absolute atomic E-state index is 2.58. The molecule has 0 atom stereocenters. The third-order valence-corrected chi connectivity index (χ3v) is 12.0. The smallest absolute Gasteiger partial charge is 0.00233 e. The fourth-order valence-corrected chi connectivity index (χ4v) is 9.70. The van der Waals surface area contributed by atoms with E-state index in [0.29, 0.717) is 0 Å². The van der Waals surface area contributed by atoms with Gasteiger partial charge in [0.2, 0.25) is 0 Å². The van der Waals surface area contributed by atoms with Crippen molar-refractivity contribution >= 4 is 49.2 Å². The van der Waals surface area contributed by atoms with E-state index in [2.05, 4.69) is 170 Å². The first-order valence-electron chi connectivity index (χ1n) is 19.2. The molecule has 0 aliphatic heterocycles. The van der Waals surface area contributed by atoms with E-state index in [-0.39, 0.29) is 0 Å². The summed E-state index contributed by atoms with van der Waals surface area (Å²) in [6.45, 7) is 0. The first-order valence-corrected chi connectivity index (χ1v) is 19.2. The lowest BCUT2D eigenvalue weighted by Gasteiger charge is -2.28. The number of benzene rings is 9. The largest absolute Gasteiger partial charge is 0.0839 e. The summed E-state index contributed by atoms with van der Waals surface area (Å²) >= 11 is 0. The van der Waals surface area contributed by atoms with Crippen LogP contribution < -0.4 is 0 Å². The fraction of sp³-hybridized carbons (Fsp3) is 0.0943.